The molecule has 1 atom stereocenters. The van der Waals surface area contributed by atoms with Gasteiger partial charge in [0, 0.05) is 6.61 Å². The molecular weight excluding hydrogens is 311 g/mol. The highest BCUT2D eigenvalue weighted by Crippen LogP contribution is 2.26. The zero-order chi connectivity index (χ0) is 15.7. The van der Waals surface area contributed by atoms with Gasteiger partial charge < -0.3 is 14.0 Å². The van der Waals surface area contributed by atoms with Crippen molar-refractivity contribution in [1.29, 1.82) is 0 Å². The summed E-state index contributed by atoms with van der Waals surface area (Å²) in [6, 6.07) is 3.00. The number of carbonyl (C=O) groups is 1. The van der Waals surface area contributed by atoms with Crippen LogP contribution in [-0.2, 0) is 21.9 Å². The van der Waals surface area contributed by atoms with Gasteiger partial charge in [0.15, 0.2) is 5.82 Å². The molecule has 1 aromatic heterocycles. The van der Waals surface area contributed by atoms with Crippen LogP contribution in [0.5, 0.6) is 0 Å². The molecule has 1 aliphatic rings. The minimum absolute atomic E-state index is 0.0324. The molecule has 0 saturated carbocycles. The van der Waals surface area contributed by atoms with E-state index in [1.807, 2.05) is 0 Å². The summed E-state index contributed by atoms with van der Waals surface area (Å²) in [6.07, 6.45) is 0.950. The highest BCUT2D eigenvalue weighted by Gasteiger charge is 2.25. The van der Waals surface area contributed by atoms with E-state index >= 15 is 0 Å². The van der Waals surface area contributed by atoms with Gasteiger partial charge in [0.2, 0.25) is 0 Å². The molecule has 0 spiro atoms. The van der Waals surface area contributed by atoms with Crippen LogP contribution in [0.25, 0.3) is 11.0 Å². The van der Waals surface area contributed by atoms with Gasteiger partial charge in [-0.3, -0.25) is 0 Å². The average molecular weight is 327 g/mol. The molecule has 0 bridgehead atoms. The second kappa shape index (κ2) is 6.22. The summed E-state index contributed by atoms with van der Waals surface area (Å²) in [4.78, 5) is 16.2. The molecule has 0 radical (unpaired) electrons. The standard InChI is InChI=1S/C15H16ClFN2O3/c1-2-21-15(20)10-3-4-11-14(13(10)17)19(12(7-16)18-11)8-9-5-6-22-9/h3-4,9H,2,5-8H2,1H3. The van der Waals surface area contributed by atoms with Crippen molar-refractivity contribution in [3.05, 3.63) is 29.3 Å². The summed E-state index contributed by atoms with van der Waals surface area (Å²) in [5.74, 6) is -0.580. The molecule has 5 nitrogen and oxygen atoms in total. The van der Waals surface area contributed by atoms with Gasteiger partial charge in [-0.05, 0) is 25.5 Å². The third kappa shape index (κ3) is 2.57. The van der Waals surface area contributed by atoms with Crippen molar-refractivity contribution in [3.8, 4) is 0 Å². The minimum atomic E-state index is -0.679. The van der Waals surface area contributed by atoms with E-state index in [4.69, 9.17) is 21.1 Å². The number of benzene rings is 1. The number of halogens is 2. The normalized spacial score (nSPS) is 17.5. The maximum absolute atomic E-state index is 14.8. The number of ether oxygens (including phenoxy) is 2. The molecule has 1 aliphatic heterocycles. The summed E-state index contributed by atoms with van der Waals surface area (Å²) in [6.45, 7) is 3.06. The third-order valence-corrected chi connectivity index (χ3v) is 3.96. The molecule has 7 heteroatoms. The monoisotopic (exact) mass is 326 g/mol. The lowest BCUT2D eigenvalue weighted by Gasteiger charge is -2.27. The van der Waals surface area contributed by atoms with E-state index in [-0.39, 0.29) is 29.7 Å². The van der Waals surface area contributed by atoms with Crippen molar-refractivity contribution >= 4 is 28.6 Å². The van der Waals surface area contributed by atoms with Crippen LogP contribution in [0.4, 0.5) is 4.39 Å². The first kappa shape index (κ1) is 15.2. The van der Waals surface area contributed by atoms with Crippen LogP contribution in [0.1, 0.15) is 29.5 Å². The van der Waals surface area contributed by atoms with Gasteiger partial charge in [-0.2, -0.15) is 0 Å². The van der Waals surface area contributed by atoms with Crippen molar-refractivity contribution in [2.45, 2.75) is 31.9 Å². The predicted molar refractivity (Wildman–Crippen MR) is 79.6 cm³/mol. The number of hydrogen-bond donors (Lipinski definition) is 0. The summed E-state index contributed by atoms with van der Waals surface area (Å²) < 4.78 is 26.8. The van der Waals surface area contributed by atoms with E-state index in [1.54, 1.807) is 17.6 Å². The van der Waals surface area contributed by atoms with Crippen molar-refractivity contribution in [2.24, 2.45) is 0 Å². The first-order chi connectivity index (χ1) is 10.7. The van der Waals surface area contributed by atoms with E-state index in [9.17, 15) is 9.18 Å². The molecule has 2 heterocycles. The summed E-state index contributed by atoms with van der Waals surface area (Å²) >= 11 is 5.91. The van der Waals surface area contributed by atoms with Gasteiger partial charge in [0.1, 0.15) is 11.3 Å². The SMILES string of the molecule is CCOC(=O)c1ccc2nc(CCl)n(CC3CCO3)c2c1F. The summed E-state index contributed by atoms with van der Waals surface area (Å²) in [5, 5.41) is 0. The Balaban J connectivity index is 2.09. The summed E-state index contributed by atoms with van der Waals surface area (Å²) in [7, 11) is 0. The molecule has 0 amide bonds. The molecule has 2 aromatic rings. The van der Waals surface area contributed by atoms with E-state index in [0.717, 1.165) is 6.42 Å². The van der Waals surface area contributed by atoms with Crippen LogP contribution < -0.4 is 0 Å². The largest absolute Gasteiger partial charge is 0.462 e. The van der Waals surface area contributed by atoms with Gasteiger partial charge in [-0.1, -0.05) is 0 Å². The quantitative estimate of drug-likeness (QED) is 0.626. The highest BCUT2D eigenvalue weighted by molar-refractivity contribution is 6.16. The molecule has 1 saturated heterocycles. The molecule has 1 unspecified atom stereocenters. The van der Waals surface area contributed by atoms with Crippen LogP contribution in [0.2, 0.25) is 0 Å². The first-order valence-corrected chi connectivity index (χ1v) is 7.71. The molecule has 1 fully saturated rings. The number of hydrogen-bond acceptors (Lipinski definition) is 4. The smallest absolute Gasteiger partial charge is 0.341 e. The lowest BCUT2D eigenvalue weighted by Crippen LogP contribution is -2.31. The Labute approximate surface area is 132 Å². The maximum atomic E-state index is 14.8. The third-order valence-electron chi connectivity index (χ3n) is 3.72. The highest BCUT2D eigenvalue weighted by atomic mass is 35.5. The molecule has 1 aromatic carbocycles. The van der Waals surface area contributed by atoms with Crippen LogP contribution in [0.3, 0.4) is 0 Å². The first-order valence-electron chi connectivity index (χ1n) is 7.18. The van der Waals surface area contributed by atoms with Crippen molar-refractivity contribution in [2.75, 3.05) is 13.2 Å². The topological polar surface area (TPSA) is 53.3 Å². The number of aromatic nitrogens is 2. The fraction of sp³-hybridized carbons (Fsp3) is 0.467. The lowest BCUT2D eigenvalue weighted by molar-refractivity contribution is -0.0589. The Morgan fingerprint density at radius 2 is 2.36 bits per heavy atom. The lowest BCUT2D eigenvalue weighted by atomic mass is 10.1. The van der Waals surface area contributed by atoms with Crippen molar-refractivity contribution < 1.29 is 18.7 Å². The minimum Gasteiger partial charge on any atom is -0.462 e. The Bertz CT molecular complexity index is 712. The number of esters is 1. The number of imidazole rings is 1. The van der Waals surface area contributed by atoms with E-state index in [2.05, 4.69) is 4.98 Å². The van der Waals surface area contributed by atoms with Crippen molar-refractivity contribution in [1.82, 2.24) is 9.55 Å². The number of rotatable bonds is 5. The average Bonchev–Trinajstić information content (AvgIpc) is 2.82. The number of alkyl halides is 1. The summed E-state index contributed by atoms with van der Waals surface area (Å²) in [5.41, 5.74) is 0.656. The Kier molecular flexibility index (Phi) is 4.31. The molecule has 118 valence electrons. The molecule has 22 heavy (non-hydrogen) atoms. The molecule has 0 N–H and O–H groups in total. The number of carbonyl (C=O) groups excluding carboxylic acids is 1. The predicted octanol–water partition coefficient (Wildman–Crippen LogP) is 2.88. The van der Waals surface area contributed by atoms with Gasteiger partial charge in [0.25, 0.3) is 0 Å². The van der Waals surface area contributed by atoms with E-state index < -0.39 is 11.8 Å². The Morgan fingerprint density at radius 3 is 2.95 bits per heavy atom. The molecule has 3 rings (SSSR count). The van der Waals surface area contributed by atoms with Crippen LogP contribution in [-0.4, -0.2) is 34.8 Å². The van der Waals surface area contributed by atoms with Crippen LogP contribution in [0, 0.1) is 5.82 Å². The molecule has 0 aliphatic carbocycles. The maximum Gasteiger partial charge on any atom is 0.341 e. The fourth-order valence-corrected chi connectivity index (χ4v) is 2.73. The van der Waals surface area contributed by atoms with Gasteiger partial charge in [0.05, 0.1) is 36.2 Å². The van der Waals surface area contributed by atoms with Gasteiger partial charge >= 0.3 is 5.97 Å². The molecular formula is C15H16ClFN2O3. The second-order valence-electron chi connectivity index (χ2n) is 5.07. The Hall–Kier alpha value is -1.66. The zero-order valence-corrected chi connectivity index (χ0v) is 12.9. The van der Waals surface area contributed by atoms with Gasteiger partial charge in [-0.15, -0.1) is 11.6 Å². The van der Waals surface area contributed by atoms with Gasteiger partial charge in [-0.25, -0.2) is 14.2 Å². The number of fused-ring (bicyclic) bond motifs is 1. The van der Waals surface area contributed by atoms with E-state index in [0.29, 0.717) is 24.5 Å². The fourth-order valence-electron chi connectivity index (χ4n) is 2.53. The zero-order valence-electron chi connectivity index (χ0n) is 12.1. The van der Waals surface area contributed by atoms with Crippen LogP contribution >= 0.6 is 11.6 Å². The van der Waals surface area contributed by atoms with Crippen LogP contribution in [0.15, 0.2) is 12.1 Å². The van der Waals surface area contributed by atoms with Crippen molar-refractivity contribution in [3.63, 3.8) is 0 Å². The Morgan fingerprint density at radius 1 is 1.59 bits per heavy atom. The van der Waals surface area contributed by atoms with E-state index in [1.165, 1.54) is 6.07 Å². The second-order valence-corrected chi connectivity index (χ2v) is 5.34. The number of nitrogens with zero attached hydrogens (tertiary/aromatic N) is 2.